The molecule has 0 amide bonds. The summed E-state index contributed by atoms with van der Waals surface area (Å²) in [4.78, 5) is 0.936. The largest absolute Gasteiger partial charge is 0.460 e. The fraction of sp³-hybridized carbons (Fsp3) is 1.00. The molecule has 0 bridgehead atoms. The Balaban J connectivity index is 2.96. The van der Waals surface area contributed by atoms with Gasteiger partial charge in [-0.1, -0.05) is 0 Å². The third-order valence-corrected chi connectivity index (χ3v) is 4.96. The predicted octanol–water partition coefficient (Wildman–Crippen LogP) is 4.50. The van der Waals surface area contributed by atoms with Gasteiger partial charge in [-0.2, -0.15) is 57.1 Å². The average Bonchev–Trinajstić information content (AvgIpc) is 2.76. The number of rotatable bonds is 7. The second-order valence-corrected chi connectivity index (χ2v) is 7.54. The van der Waals surface area contributed by atoms with Crippen molar-refractivity contribution >= 4 is 0 Å². The zero-order chi connectivity index (χ0) is 27.9. The Labute approximate surface area is 196 Å². The molecule has 36 heavy (non-hydrogen) atoms. The monoisotopic (exact) mass is 565 g/mol. The fourth-order valence-corrected chi connectivity index (χ4v) is 2.74. The molecule has 1 heterocycles. The van der Waals surface area contributed by atoms with E-state index in [4.69, 9.17) is 18.9 Å². The van der Waals surface area contributed by atoms with Gasteiger partial charge in [0.2, 0.25) is 0 Å². The number of nitrogens with zero attached hydrogens (tertiary/aromatic N) is 1. The van der Waals surface area contributed by atoms with Crippen LogP contribution in [0, 0.1) is 0 Å². The summed E-state index contributed by atoms with van der Waals surface area (Å²) in [5.74, 6) is -36.8. The van der Waals surface area contributed by atoms with E-state index in [9.17, 15) is 57.1 Å². The van der Waals surface area contributed by atoms with E-state index in [0.717, 1.165) is 4.90 Å². The Bertz CT molecular complexity index is 645. The van der Waals surface area contributed by atoms with Crippen molar-refractivity contribution in [1.29, 1.82) is 0 Å². The Kier molecular flexibility index (Phi) is 11.5. The van der Waals surface area contributed by atoms with Gasteiger partial charge in [-0.05, 0) is 0 Å². The minimum Gasteiger partial charge on any atom is -0.378 e. The number of ether oxygens (including phenoxy) is 4. The van der Waals surface area contributed by atoms with Gasteiger partial charge in [0.25, 0.3) is 0 Å². The number of hydrogen-bond donors (Lipinski definition) is 0. The van der Waals surface area contributed by atoms with Crippen LogP contribution in [0.1, 0.15) is 6.42 Å². The molecule has 0 atom stereocenters. The lowest BCUT2D eigenvalue weighted by molar-refractivity contribution is -0.440. The van der Waals surface area contributed by atoms with Crippen LogP contribution in [0.4, 0.5) is 57.1 Å². The van der Waals surface area contributed by atoms with Crippen LogP contribution in [0.15, 0.2) is 0 Å². The summed E-state index contributed by atoms with van der Waals surface area (Å²) in [6.07, 6.45) is -9.73. The summed E-state index contributed by atoms with van der Waals surface area (Å²) >= 11 is 0. The van der Waals surface area contributed by atoms with Crippen LogP contribution in [0.3, 0.4) is 0 Å². The van der Waals surface area contributed by atoms with Crippen molar-refractivity contribution in [3.8, 4) is 0 Å². The highest BCUT2D eigenvalue weighted by Gasteiger charge is 2.90. The predicted molar refractivity (Wildman–Crippen MR) is 95.1 cm³/mol. The first-order valence-corrected chi connectivity index (χ1v) is 10.3. The molecule has 5 nitrogen and oxygen atoms in total. The van der Waals surface area contributed by atoms with Crippen molar-refractivity contribution in [2.75, 3.05) is 72.5 Å². The van der Waals surface area contributed by atoms with Crippen LogP contribution in [-0.4, -0.2) is 113 Å². The minimum absolute atomic E-state index is 0.0211. The Hall–Kier alpha value is -1.11. The molecule has 0 aromatic carbocycles. The minimum atomic E-state index is -7.90. The highest BCUT2D eigenvalue weighted by molar-refractivity contribution is 5.10. The molecule has 0 aromatic heterocycles. The lowest BCUT2D eigenvalue weighted by Crippen LogP contribution is -2.70. The lowest BCUT2D eigenvalue weighted by Gasteiger charge is -2.40. The fourth-order valence-electron chi connectivity index (χ4n) is 2.74. The van der Waals surface area contributed by atoms with Crippen molar-refractivity contribution in [1.82, 2.24) is 4.90 Å². The third-order valence-electron chi connectivity index (χ3n) is 4.96. The smallest absolute Gasteiger partial charge is 0.378 e. The molecule has 0 spiro atoms. The molecule has 1 rings (SSSR count). The topological polar surface area (TPSA) is 40.2 Å². The van der Waals surface area contributed by atoms with Crippen LogP contribution < -0.4 is 0 Å². The Morgan fingerprint density at radius 1 is 0.444 bits per heavy atom. The van der Waals surface area contributed by atoms with E-state index in [1.165, 1.54) is 0 Å². The molecule has 1 aliphatic rings. The molecule has 0 radical (unpaired) electrons. The standard InChI is InChI=1S/C18H24F13NO4/c19-13(20,14(21,22)15(23,24)16(25,26)17(27,28)18(29,30)31)1-2-32-3-5-33-7-9-35-11-12-36-10-8-34-6-4-32/h1-12H2. The van der Waals surface area contributed by atoms with Crippen molar-refractivity contribution < 1.29 is 76.0 Å². The molecule has 216 valence electrons. The zero-order valence-electron chi connectivity index (χ0n) is 18.5. The highest BCUT2D eigenvalue weighted by Crippen LogP contribution is 2.60. The maximum Gasteiger partial charge on any atom is 0.460 e. The highest BCUT2D eigenvalue weighted by atomic mass is 19.4. The van der Waals surface area contributed by atoms with Crippen LogP contribution in [0.25, 0.3) is 0 Å². The first-order valence-electron chi connectivity index (χ1n) is 10.3. The molecule has 1 saturated heterocycles. The molecule has 1 fully saturated rings. The van der Waals surface area contributed by atoms with Gasteiger partial charge in [0, 0.05) is 26.1 Å². The van der Waals surface area contributed by atoms with E-state index < -0.39 is 48.8 Å². The second kappa shape index (κ2) is 12.6. The van der Waals surface area contributed by atoms with Crippen LogP contribution in [0.5, 0.6) is 0 Å². The van der Waals surface area contributed by atoms with Crippen molar-refractivity contribution in [2.45, 2.75) is 42.2 Å². The molecular weight excluding hydrogens is 541 g/mol. The van der Waals surface area contributed by atoms with Gasteiger partial charge in [-0.15, -0.1) is 0 Å². The molecule has 0 aliphatic carbocycles. The summed E-state index contributed by atoms with van der Waals surface area (Å²) in [5.41, 5.74) is 0. The van der Waals surface area contributed by atoms with Crippen LogP contribution >= 0.6 is 0 Å². The molecular formula is C18H24F13NO4. The van der Waals surface area contributed by atoms with Gasteiger partial charge >= 0.3 is 35.8 Å². The third kappa shape index (κ3) is 7.48. The summed E-state index contributed by atoms with van der Waals surface area (Å²) in [7, 11) is 0. The maximum absolute atomic E-state index is 14.0. The number of hydrogen-bond acceptors (Lipinski definition) is 5. The molecule has 0 N–H and O–H groups in total. The maximum atomic E-state index is 14.0. The van der Waals surface area contributed by atoms with E-state index in [-0.39, 0.29) is 65.9 Å². The average molecular weight is 565 g/mol. The summed E-state index contributed by atoms with van der Waals surface area (Å²) in [5, 5.41) is 0. The number of halogens is 13. The van der Waals surface area contributed by atoms with E-state index in [1.54, 1.807) is 0 Å². The van der Waals surface area contributed by atoms with Gasteiger partial charge < -0.3 is 18.9 Å². The van der Waals surface area contributed by atoms with Crippen LogP contribution in [0.2, 0.25) is 0 Å². The van der Waals surface area contributed by atoms with Gasteiger partial charge in [-0.3, -0.25) is 4.90 Å². The first kappa shape index (κ1) is 32.9. The van der Waals surface area contributed by atoms with E-state index in [1.807, 2.05) is 0 Å². The molecule has 1 aliphatic heterocycles. The Morgan fingerprint density at radius 2 is 0.778 bits per heavy atom. The lowest BCUT2D eigenvalue weighted by atomic mass is 9.92. The van der Waals surface area contributed by atoms with E-state index in [2.05, 4.69) is 0 Å². The molecule has 0 saturated carbocycles. The zero-order valence-corrected chi connectivity index (χ0v) is 18.5. The van der Waals surface area contributed by atoms with Crippen molar-refractivity contribution in [3.63, 3.8) is 0 Å². The molecule has 18 heteroatoms. The number of alkyl halides is 13. The van der Waals surface area contributed by atoms with Crippen LogP contribution in [-0.2, 0) is 18.9 Å². The quantitative estimate of drug-likeness (QED) is 0.426. The Morgan fingerprint density at radius 3 is 1.14 bits per heavy atom. The second-order valence-electron chi connectivity index (χ2n) is 7.54. The van der Waals surface area contributed by atoms with E-state index >= 15 is 0 Å². The van der Waals surface area contributed by atoms with Gasteiger partial charge in [0.1, 0.15) is 0 Å². The SMILES string of the molecule is FC(F)(F)C(F)(F)C(F)(F)C(F)(F)C(F)(F)C(F)(F)CCN1CCOCCOCCOCCOCC1. The van der Waals surface area contributed by atoms with Gasteiger partial charge in [-0.25, -0.2) is 0 Å². The summed E-state index contributed by atoms with van der Waals surface area (Å²) < 4.78 is 193. The van der Waals surface area contributed by atoms with Gasteiger partial charge in [0.05, 0.1) is 52.9 Å². The summed E-state index contributed by atoms with van der Waals surface area (Å²) in [6.45, 7) is -1.39. The van der Waals surface area contributed by atoms with Crippen molar-refractivity contribution in [3.05, 3.63) is 0 Å². The first-order chi connectivity index (χ1) is 16.3. The van der Waals surface area contributed by atoms with Gasteiger partial charge in [0.15, 0.2) is 0 Å². The normalized spacial score (nSPS) is 20.6. The van der Waals surface area contributed by atoms with Crippen molar-refractivity contribution in [2.24, 2.45) is 0 Å². The van der Waals surface area contributed by atoms with E-state index in [0.29, 0.717) is 0 Å². The summed E-state index contributed by atoms with van der Waals surface area (Å²) in [6, 6.07) is 0. The molecule has 0 unspecified atom stereocenters. The molecule has 0 aromatic rings.